The third kappa shape index (κ3) is 4.18. The fourth-order valence-electron chi connectivity index (χ4n) is 2.22. The quantitative estimate of drug-likeness (QED) is 0.794. The first-order valence-electron chi connectivity index (χ1n) is 6.40. The SMILES string of the molecule is Cc1c(C(=O)NCC2CCOC2)cc(Br)cc1S(=O)(=O)Cl. The Morgan fingerprint density at radius 1 is 1.52 bits per heavy atom. The highest BCUT2D eigenvalue weighted by molar-refractivity contribution is 9.10. The number of hydrogen-bond acceptors (Lipinski definition) is 4. The highest BCUT2D eigenvalue weighted by Crippen LogP contribution is 2.27. The Morgan fingerprint density at radius 3 is 2.81 bits per heavy atom. The summed E-state index contributed by atoms with van der Waals surface area (Å²) in [5, 5.41) is 2.81. The molecule has 1 unspecified atom stereocenters. The van der Waals surface area contributed by atoms with E-state index in [9.17, 15) is 13.2 Å². The smallest absolute Gasteiger partial charge is 0.261 e. The molecule has 21 heavy (non-hydrogen) atoms. The summed E-state index contributed by atoms with van der Waals surface area (Å²) in [7, 11) is 1.50. The second-order valence-electron chi connectivity index (χ2n) is 4.95. The van der Waals surface area contributed by atoms with Crippen LogP contribution in [-0.4, -0.2) is 34.1 Å². The number of benzene rings is 1. The van der Waals surface area contributed by atoms with Crippen molar-refractivity contribution in [3.63, 3.8) is 0 Å². The summed E-state index contributed by atoms with van der Waals surface area (Å²) in [6.07, 6.45) is 0.916. The maximum atomic E-state index is 12.2. The van der Waals surface area contributed by atoms with Crippen LogP contribution in [0.5, 0.6) is 0 Å². The van der Waals surface area contributed by atoms with E-state index >= 15 is 0 Å². The van der Waals surface area contributed by atoms with E-state index in [0.29, 0.717) is 41.3 Å². The van der Waals surface area contributed by atoms with Crippen LogP contribution in [0.1, 0.15) is 22.3 Å². The molecule has 8 heteroatoms. The zero-order valence-corrected chi connectivity index (χ0v) is 14.5. The van der Waals surface area contributed by atoms with Crippen molar-refractivity contribution < 1.29 is 17.9 Å². The molecule has 1 fully saturated rings. The Bertz CT molecular complexity index is 656. The van der Waals surface area contributed by atoms with Gasteiger partial charge in [0.15, 0.2) is 0 Å². The van der Waals surface area contributed by atoms with Gasteiger partial charge in [0, 0.05) is 39.8 Å². The number of carbonyl (C=O) groups is 1. The van der Waals surface area contributed by atoms with E-state index in [2.05, 4.69) is 21.2 Å². The summed E-state index contributed by atoms with van der Waals surface area (Å²) in [5.74, 6) is -0.0140. The minimum atomic E-state index is -3.90. The lowest BCUT2D eigenvalue weighted by Crippen LogP contribution is -2.30. The Hall–Kier alpha value is -0.630. The lowest BCUT2D eigenvalue weighted by molar-refractivity contribution is 0.0944. The summed E-state index contributed by atoms with van der Waals surface area (Å²) < 4.78 is 28.8. The largest absolute Gasteiger partial charge is 0.381 e. The van der Waals surface area contributed by atoms with Crippen LogP contribution in [0.15, 0.2) is 21.5 Å². The summed E-state index contributed by atoms with van der Waals surface area (Å²) >= 11 is 3.20. The number of ether oxygens (including phenoxy) is 1. The average Bonchev–Trinajstić information content (AvgIpc) is 2.90. The second-order valence-corrected chi connectivity index (χ2v) is 8.40. The van der Waals surface area contributed by atoms with Crippen molar-refractivity contribution in [3.05, 3.63) is 27.7 Å². The number of rotatable bonds is 4. The molecule has 1 aromatic carbocycles. The Balaban J connectivity index is 2.22. The normalized spacial score (nSPS) is 18.7. The first-order valence-corrected chi connectivity index (χ1v) is 9.50. The molecule has 1 amide bonds. The maximum Gasteiger partial charge on any atom is 0.261 e. The van der Waals surface area contributed by atoms with E-state index in [-0.39, 0.29) is 10.8 Å². The molecule has 1 aliphatic rings. The summed E-state index contributed by atoms with van der Waals surface area (Å²) in [6.45, 7) is 3.42. The predicted octanol–water partition coefficient (Wildman–Crippen LogP) is 2.45. The van der Waals surface area contributed by atoms with Crippen LogP contribution in [0, 0.1) is 12.8 Å². The van der Waals surface area contributed by atoms with Gasteiger partial charge in [0.2, 0.25) is 0 Å². The molecule has 1 N–H and O–H groups in total. The van der Waals surface area contributed by atoms with Crippen LogP contribution in [0.3, 0.4) is 0 Å². The van der Waals surface area contributed by atoms with Crippen molar-refractivity contribution >= 4 is 41.6 Å². The molecule has 1 heterocycles. The van der Waals surface area contributed by atoms with Gasteiger partial charge >= 0.3 is 0 Å². The molecule has 2 rings (SSSR count). The van der Waals surface area contributed by atoms with Crippen molar-refractivity contribution in [2.75, 3.05) is 19.8 Å². The van der Waals surface area contributed by atoms with Crippen molar-refractivity contribution in [1.82, 2.24) is 5.32 Å². The molecule has 0 bridgehead atoms. The van der Waals surface area contributed by atoms with Crippen molar-refractivity contribution in [2.24, 2.45) is 5.92 Å². The van der Waals surface area contributed by atoms with Crippen LogP contribution in [0.25, 0.3) is 0 Å². The lowest BCUT2D eigenvalue weighted by Gasteiger charge is -2.13. The molecule has 1 aliphatic heterocycles. The van der Waals surface area contributed by atoms with Gasteiger partial charge in [-0.25, -0.2) is 8.42 Å². The van der Waals surface area contributed by atoms with Gasteiger partial charge in [0.05, 0.1) is 11.5 Å². The standard InChI is InChI=1S/C13H15BrClNO4S/c1-8-11(4-10(14)5-12(8)21(15,18)19)13(17)16-6-9-2-3-20-7-9/h4-5,9H,2-3,6-7H2,1H3,(H,16,17). The van der Waals surface area contributed by atoms with E-state index in [4.69, 9.17) is 15.4 Å². The molecule has 0 radical (unpaired) electrons. The summed E-state index contributed by atoms with van der Waals surface area (Å²) in [6, 6.07) is 2.97. The van der Waals surface area contributed by atoms with Gasteiger partial charge in [-0.2, -0.15) is 0 Å². The van der Waals surface area contributed by atoms with Gasteiger partial charge in [0.1, 0.15) is 0 Å². The number of nitrogens with one attached hydrogen (secondary N) is 1. The molecule has 5 nitrogen and oxygen atoms in total. The molecule has 0 aliphatic carbocycles. The minimum Gasteiger partial charge on any atom is -0.381 e. The molecular formula is C13H15BrClNO4S. The first-order chi connectivity index (χ1) is 9.79. The van der Waals surface area contributed by atoms with Gasteiger partial charge in [-0.05, 0) is 31.0 Å². The Kier molecular flexibility index (Phi) is 5.29. The lowest BCUT2D eigenvalue weighted by atomic mass is 10.1. The van der Waals surface area contributed by atoms with Gasteiger partial charge < -0.3 is 10.1 Å². The highest BCUT2D eigenvalue weighted by Gasteiger charge is 2.22. The van der Waals surface area contributed by atoms with Crippen molar-refractivity contribution in [2.45, 2.75) is 18.2 Å². The fraction of sp³-hybridized carbons (Fsp3) is 0.462. The van der Waals surface area contributed by atoms with Gasteiger partial charge in [0.25, 0.3) is 15.0 Å². The molecule has 116 valence electrons. The van der Waals surface area contributed by atoms with Gasteiger partial charge in [-0.15, -0.1) is 0 Å². The van der Waals surface area contributed by atoms with Crippen LogP contribution >= 0.6 is 26.6 Å². The molecule has 1 saturated heterocycles. The van der Waals surface area contributed by atoms with E-state index in [1.165, 1.54) is 6.07 Å². The predicted molar refractivity (Wildman–Crippen MR) is 83.2 cm³/mol. The Labute approximate surface area is 136 Å². The highest BCUT2D eigenvalue weighted by atomic mass is 79.9. The molecule has 1 aromatic rings. The van der Waals surface area contributed by atoms with Crippen molar-refractivity contribution in [1.29, 1.82) is 0 Å². The molecule has 1 atom stereocenters. The van der Waals surface area contributed by atoms with Crippen LogP contribution < -0.4 is 5.32 Å². The zero-order chi connectivity index (χ0) is 15.6. The second kappa shape index (κ2) is 6.64. The number of hydrogen-bond donors (Lipinski definition) is 1. The zero-order valence-electron chi connectivity index (χ0n) is 11.4. The molecule has 0 saturated carbocycles. The maximum absolute atomic E-state index is 12.2. The van der Waals surface area contributed by atoms with E-state index < -0.39 is 9.05 Å². The van der Waals surface area contributed by atoms with Crippen molar-refractivity contribution in [3.8, 4) is 0 Å². The minimum absolute atomic E-state index is 0.0621. The van der Waals surface area contributed by atoms with Gasteiger partial charge in [-0.3, -0.25) is 4.79 Å². The van der Waals surface area contributed by atoms with Crippen LogP contribution in [-0.2, 0) is 13.8 Å². The fourth-order valence-corrected chi connectivity index (χ4v) is 4.05. The third-order valence-corrected chi connectivity index (χ3v) is 5.31. The first kappa shape index (κ1) is 16.7. The number of amides is 1. The van der Waals surface area contributed by atoms with Crippen LogP contribution in [0.2, 0.25) is 0 Å². The third-order valence-electron chi connectivity index (χ3n) is 3.41. The number of halogens is 2. The number of carbonyl (C=O) groups excluding carboxylic acids is 1. The Morgan fingerprint density at radius 2 is 2.24 bits per heavy atom. The monoisotopic (exact) mass is 395 g/mol. The molecule has 0 spiro atoms. The average molecular weight is 397 g/mol. The van der Waals surface area contributed by atoms with Gasteiger partial charge in [-0.1, -0.05) is 15.9 Å². The topological polar surface area (TPSA) is 72.5 Å². The van der Waals surface area contributed by atoms with E-state index in [1.54, 1.807) is 13.0 Å². The summed E-state index contributed by atoms with van der Waals surface area (Å²) in [5.41, 5.74) is 0.635. The van der Waals surface area contributed by atoms with Crippen LogP contribution in [0.4, 0.5) is 0 Å². The van der Waals surface area contributed by atoms with E-state index in [1.807, 2.05) is 0 Å². The molecular weight excluding hydrogens is 382 g/mol. The molecule has 0 aromatic heterocycles. The summed E-state index contributed by atoms with van der Waals surface area (Å²) in [4.78, 5) is 12.2. The van der Waals surface area contributed by atoms with E-state index in [0.717, 1.165) is 6.42 Å².